The number of nitrogens with zero attached hydrogens (tertiary/aromatic N) is 3. The number of aryl methyl sites for hydroxylation is 2. The third kappa shape index (κ3) is 3.13. The quantitative estimate of drug-likeness (QED) is 0.869. The lowest BCUT2D eigenvalue weighted by atomic mass is 10.2. The molecule has 1 amide bonds. The fraction of sp³-hybridized carbons (Fsp3) is 0.417. The number of hydrogen-bond donors (Lipinski definition) is 2. The summed E-state index contributed by atoms with van der Waals surface area (Å²) in [5.74, 6) is 1.10. The van der Waals surface area contributed by atoms with Crippen LogP contribution in [0, 0.1) is 0 Å². The number of nitrogen functional groups attached to an aromatic ring is 1. The van der Waals surface area contributed by atoms with Crippen LogP contribution < -0.4 is 11.1 Å². The van der Waals surface area contributed by atoms with E-state index in [1.54, 1.807) is 11.8 Å². The van der Waals surface area contributed by atoms with E-state index in [0.29, 0.717) is 24.5 Å². The third-order valence-electron chi connectivity index (χ3n) is 3.00. The number of hydrogen-bond acceptors (Lipinski definition) is 6. The van der Waals surface area contributed by atoms with Crippen LogP contribution in [0.4, 0.5) is 5.13 Å². The molecule has 0 aliphatic carbocycles. The minimum absolute atomic E-state index is 0.0115. The number of carbonyl (C=O) groups is 1. The molecule has 0 saturated carbocycles. The zero-order valence-electron chi connectivity index (χ0n) is 10.8. The summed E-state index contributed by atoms with van der Waals surface area (Å²) in [4.78, 5) is 20.4. The average Bonchev–Trinajstić information content (AvgIpc) is 3.09. The van der Waals surface area contributed by atoms with Gasteiger partial charge in [-0.2, -0.15) is 0 Å². The van der Waals surface area contributed by atoms with E-state index in [2.05, 4.69) is 19.9 Å². The Balaban J connectivity index is 1.44. The standard InChI is InChI=1S/C12H15N5OS2/c13-11-15-8(7-20-11)1-2-10(18)14-5-9-6-17-3-4-19-12(17)16-9/h6-7H,1-5H2,(H2,13,15)(H,14,18). The smallest absolute Gasteiger partial charge is 0.220 e. The van der Waals surface area contributed by atoms with Crippen LogP contribution in [-0.4, -0.2) is 26.2 Å². The Kier molecular flexibility index (Phi) is 3.93. The minimum atomic E-state index is 0.0115. The second-order valence-corrected chi connectivity index (χ2v) is 6.46. The van der Waals surface area contributed by atoms with Crippen molar-refractivity contribution in [3.8, 4) is 0 Å². The van der Waals surface area contributed by atoms with E-state index >= 15 is 0 Å². The van der Waals surface area contributed by atoms with Crippen molar-refractivity contribution >= 4 is 34.1 Å². The number of anilines is 1. The van der Waals surface area contributed by atoms with Crippen LogP contribution in [0.15, 0.2) is 16.7 Å². The highest BCUT2D eigenvalue weighted by Crippen LogP contribution is 2.24. The van der Waals surface area contributed by atoms with Gasteiger partial charge < -0.3 is 15.6 Å². The zero-order valence-corrected chi connectivity index (χ0v) is 12.5. The van der Waals surface area contributed by atoms with E-state index in [4.69, 9.17) is 5.73 Å². The highest BCUT2D eigenvalue weighted by molar-refractivity contribution is 7.99. The van der Waals surface area contributed by atoms with Gasteiger partial charge in [0.25, 0.3) is 0 Å². The Morgan fingerprint density at radius 1 is 1.45 bits per heavy atom. The number of imidazole rings is 1. The van der Waals surface area contributed by atoms with Crippen LogP contribution in [0.2, 0.25) is 0 Å². The Hall–Kier alpha value is -1.54. The van der Waals surface area contributed by atoms with Crippen LogP contribution in [0.5, 0.6) is 0 Å². The SMILES string of the molecule is Nc1nc(CCC(=O)NCc2cn3c(n2)SCC3)cs1. The molecule has 0 unspecified atom stereocenters. The maximum absolute atomic E-state index is 11.8. The lowest BCUT2D eigenvalue weighted by Crippen LogP contribution is -2.23. The van der Waals surface area contributed by atoms with Gasteiger partial charge in [0.1, 0.15) is 0 Å². The molecule has 0 atom stereocenters. The number of fused-ring (bicyclic) bond motifs is 1. The van der Waals surface area contributed by atoms with E-state index in [-0.39, 0.29) is 5.91 Å². The van der Waals surface area contributed by atoms with Crippen LogP contribution in [0.25, 0.3) is 0 Å². The maximum Gasteiger partial charge on any atom is 0.220 e. The van der Waals surface area contributed by atoms with E-state index in [1.807, 2.05) is 11.6 Å². The molecule has 8 heteroatoms. The molecular formula is C12H15N5OS2. The van der Waals surface area contributed by atoms with Gasteiger partial charge in [0, 0.05) is 30.3 Å². The number of nitrogens with two attached hydrogens (primary N) is 1. The normalized spacial score (nSPS) is 13.4. The molecule has 3 N–H and O–H groups in total. The lowest BCUT2D eigenvalue weighted by molar-refractivity contribution is -0.121. The molecule has 6 nitrogen and oxygen atoms in total. The average molecular weight is 309 g/mol. The topological polar surface area (TPSA) is 85.8 Å². The van der Waals surface area contributed by atoms with Gasteiger partial charge in [-0.05, 0) is 6.42 Å². The van der Waals surface area contributed by atoms with Gasteiger partial charge in [-0.15, -0.1) is 11.3 Å². The molecule has 1 aliphatic rings. The van der Waals surface area contributed by atoms with E-state index in [9.17, 15) is 4.79 Å². The predicted octanol–water partition coefficient (Wildman–Crippen LogP) is 1.28. The number of amides is 1. The van der Waals surface area contributed by atoms with E-state index in [0.717, 1.165) is 28.8 Å². The summed E-state index contributed by atoms with van der Waals surface area (Å²) in [6, 6.07) is 0. The summed E-state index contributed by atoms with van der Waals surface area (Å²) < 4.78 is 2.13. The maximum atomic E-state index is 11.8. The van der Waals surface area contributed by atoms with Crippen LogP contribution in [0.1, 0.15) is 17.8 Å². The van der Waals surface area contributed by atoms with Gasteiger partial charge in [-0.25, -0.2) is 9.97 Å². The summed E-state index contributed by atoms with van der Waals surface area (Å²) >= 11 is 3.15. The molecule has 20 heavy (non-hydrogen) atoms. The number of aromatic nitrogens is 3. The summed E-state index contributed by atoms with van der Waals surface area (Å²) in [6.07, 6.45) is 3.05. The van der Waals surface area contributed by atoms with E-state index < -0.39 is 0 Å². The number of thioether (sulfide) groups is 1. The Labute approximate surface area is 124 Å². The third-order valence-corrected chi connectivity index (χ3v) is 4.69. The highest BCUT2D eigenvalue weighted by Gasteiger charge is 2.14. The summed E-state index contributed by atoms with van der Waals surface area (Å²) in [5, 5.41) is 6.37. The summed E-state index contributed by atoms with van der Waals surface area (Å²) in [5.41, 5.74) is 7.34. The Bertz CT molecular complexity index is 600. The second kappa shape index (κ2) is 5.84. The molecule has 3 heterocycles. The van der Waals surface area contributed by atoms with Gasteiger partial charge in [0.15, 0.2) is 10.3 Å². The molecule has 0 bridgehead atoms. The van der Waals surface area contributed by atoms with Crippen molar-refractivity contribution in [1.82, 2.24) is 19.9 Å². The second-order valence-electron chi connectivity index (χ2n) is 4.51. The minimum Gasteiger partial charge on any atom is -0.375 e. The van der Waals surface area contributed by atoms with Crippen molar-refractivity contribution in [2.45, 2.75) is 31.1 Å². The fourth-order valence-corrected chi connectivity index (χ4v) is 3.56. The van der Waals surface area contributed by atoms with E-state index in [1.165, 1.54) is 11.3 Å². The predicted molar refractivity (Wildman–Crippen MR) is 79.6 cm³/mol. The highest BCUT2D eigenvalue weighted by atomic mass is 32.2. The van der Waals surface area contributed by atoms with Crippen LogP contribution in [0.3, 0.4) is 0 Å². The zero-order chi connectivity index (χ0) is 13.9. The molecule has 1 aliphatic heterocycles. The molecule has 3 rings (SSSR count). The molecular weight excluding hydrogens is 294 g/mol. The first-order valence-electron chi connectivity index (χ1n) is 6.36. The Morgan fingerprint density at radius 3 is 3.10 bits per heavy atom. The monoisotopic (exact) mass is 309 g/mol. The lowest BCUT2D eigenvalue weighted by Gasteiger charge is -2.02. The molecule has 0 radical (unpaired) electrons. The summed E-state index contributed by atoms with van der Waals surface area (Å²) in [6.45, 7) is 1.49. The first kappa shape index (κ1) is 13.4. The van der Waals surface area contributed by atoms with Crippen molar-refractivity contribution < 1.29 is 4.79 Å². The van der Waals surface area contributed by atoms with Crippen molar-refractivity contribution in [2.24, 2.45) is 0 Å². The number of thiazole rings is 1. The first-order chi connectivity index (χ1) is 9.70. The van der Waals surface area contributed by atoms with Gasteiger partial charge in [0.2, 0.25) is 5.91 Å². The molecule has 106 valence electrons. The van der Waals surface area contributed by atoms with Gasteiger partial charge >= 0.3 is 0 Å². The number of rotatable bonds is 5. The van der Waals surface area contributed by atoms with Crippen molar-refractivity contribution in [3.05, 3.63) is 23.0 Å². The van der Waals surface area contributed by atoms with Crippen LogP contribution in [-0.2, 0) is 24.3 Å². The number of carbonyl (C=O) groups excluding carboxylic acids is 1. The molecule has 0 saturated heterocycles. The first-order valence-corrected chi connectivity index (χ1v) is 8.22. The molecule has 0 aromatic carbocycles. The van der Waals surface area contributed by atoms with Gasteiger partial charge in [-0.3, -0.25) is 4.79 Å². The van der Waals surface area contributed by atoms with Gasteiger partial charge in [0.05, 0.1) is 17.9 Å². The fourth-order valence-electron chi connectivity index (χ4n) is 2.00. The molecule has 0 spiro atoms. The molecule has 2 aromatic heterocycles. The largest absolute Gasteiger partial charge is 0.375 e. The van der Waals surface area contributed by atoms with Crippen molar-refractivity contribution in [3.63, 3.8) is 0 Å². The van der Waals surface area contributed by atoms with Crippen molar-refractivity contribution in [1.29, 1.82) is 0 Å². The van der Waals surface area contributed by atoms with Crippen molar-refractivity contribution in [2.75, 3.05) is 11.5 Å². The number of nitrogens with one attached hydrogen (secondary N) is 1. The Morgan fingerprint density at radius 2 is 2.35 bits per heavy atom. The molecule has 0 fully saturated rings. The summed E-state index contributed by atoms with van der Waals surface area (Å²) in [7, 11) is 0. The van der Waals surface area contributed by atoms with Crippen LogP contribution >= 0.6 is 23.1 Å². The van der Waals surface area contributed by atoms with Gasteiger partial charge in [-0.1, -0.05) is 11.8 Å². The molecule has 2 aromatic rings.